The van der Waals surface area contributed by atoms with E-state index in [1.807, 2.05) is 55.5 Å². The zero-order valence-electron chi connectivity index (χ0n) is 14.5. The molecule has 1 aromatic heterocycles. The number of rotatable bonds is 7. The zero-order valence-corrected chi connectivity index (χ0v) is 15.4. The molecule has 0 bridgehead atoms. The molecule has 26 heavy (non-hydrogen) atoms. The molecule has 134 valence electrons. The van der Waals surface area contributed by atoms with Gasteiger partial charge in [-0.1, -0.05) is 47.7 Å². The summed E-state index contributed by atoms with van der Waals surface area (Å²) in [6.07, 6.45) is 0. The first-order chi connectivity index (χ1) is 12.7. The molecule has 0 fully saturated rings. The van der Waals surface area contributed by atoms with Gasteiger partial charge >= 0.3 is 0 Å². The van der Waals surface area contributed by atoms with Crippen molar-refractivity contribution < 1.29 is 9.53 Å². The van der Waals surface area contributed by atoms with Crippen molar-refractivity contribution in [2.45, 2.75) is 18.6 Å². The number of tetrazole rings is 1. The fraction of sp³-hybridized carbons (Fsp3) is 0.222. The lowest BCUT2D eigenvalue weighted by Crippen LogP contribution is -2.25. The van der Waals surface area contributed by atoms with Crippen LogP contribution in [0, 0.1) is 6.92 Å². The van der Waals surface area contributed by atoms with Gasteiger partial charge in [0.25, 0.3) is 0 Å². The number of carbonyl (C=O) groups is 1. The average Bonchev–Trinajstić information content (AvgIpc) is 3.14. The zero-order chi connectivity index (χ0) is 18.4. The predicted molar refractivity (Wildman–Crippen MR) is 99.5 cm³/mol. The smallest absolute Gasteiger partial charge is 0.230 e. The van der Waals surface area contributed by atoms with Crippen molar-refractivity contribution in [1.82, 2.24) is 25.5 Å². The highest BCUT2D eigenvalue weighted by Gasteiger charge is 2.12. The van der Waals surface area contributed by atoms with Gasteiger partial charge in [0.15, 0.2) is 0 Å². The van der Waals surface area contributed by atoms with Crippen LogP contribution in [0.2, 0.25) is 0 Å². The van der Waals surface area contributed by atoms with Gasteiger partial charge < -0.3 is 10.1 Å². The molecular formula is C18H19N5O2S. The Hall–Kier alpha value is -2.87. The van der Waals surface area contributed by atoms with Crippen LogP contribution < -0.4 is 10.1 Å². The molecule has 3 aromatic rings. The minimum Gasteiger partial charge on any atom is -0.496 e. The number of nitrogens with one attached hydrogen (secondary N) is 1. The van der Waals surface area contributed by atoms with Crippen molar-refractivity contribution >= 4 is 17.7 Å². The van der Waals surface area contributed by atoms with E-state index in [0.717, 1.165) is 22.6 Å². The molecule has 1 N–H and O–H groups in total. The number of para-hydroxylation sites is 1. The number of hydrogen-bond acceptors (Lipinski definition) is 6. The highest BCUT2D eigenvalue weighted by Crippen LogP contribution is 2.19. The van der Waals surface area contributed by atoms with Gasteiger partial charge in [-0.2, -0.15) is 4.68 Å². The van der Waals surface area contributed by atoms with Crippen LogP contribution >= 0.6 is 11.8 Å². The average molecular weight is 369 g/mol. The van der Waals surface area contributed by atoms with E-state index in [4.69, 9.17) is 4.74 Å². The van der Waals surface area contributed by atoms with E-state index in [1.54, 1.807) is 11.8 Å². The Labute approximate surface area is 155 Å². The summed E-state index contributed by atoms with van der Waals surface area (Å²) in [4.78, 5) is 12.2. The molecule has 2 aromatic carbocycles. The number of thioether (sulfide) groups is 1. The molecule has 3 rings (SSSR count). The predicted octanol–water partition coefficient (Wildman–Crippen LogP) is 2.39. The van der Waals surface area contributed by atoms with Gasteiger partial charge in [-0.25, -0.2) is 0 Å². The van der Waals surface area contributed by atoms with E-state index >= 15 is 0 Å². The van der Waals surface area contributed by atoms with Crippen LogP contribution in [-0.2, 0) is 11.3 Å². The molecule has 0 saturated carbocycles. The summed E-state index contributed by atoms with van der Waals surface area (Å²) >= 11 is 1.29. The first-order valence-electron chi connectivity index (χ1n) is 8.04. The fourth-order valence-electron chi connectivity index (χ4n) is 2.34. The summed E-state index contributed by atoms with van der Waals surface area (Å²) in [5.41, 5.74) is 2.95. The van der Waals surface area contributed by atoms with Gasteiger partial charge in [-0.15, -0.1) is 5.10 Å². The molecule has 0 aliphatic rings. The lowest BCUT2D eigenvalue weighted by Gasteiger charge is -2.09. The summed E-state index contributed by atoms with van der Waals surface area (Å²) < 4.78 is 6.91. The van der Waals surface area contributed by atoms with E-state index in [9.17, 15) is 4.79 Å². The number of carbonyl (C=O) groups excluding carboxylic acids is 1. The Morgan fingerprint density at radius 2 is 1.96 bits per heavy atom. The van der Waals surface area contributed by atoms with Crippen LogP contribution in [0.5, 0.6) is 5.75 Å². The minimum absolute atomic E-state index is 0.0978. The van der Waals surface area contributed by atoms with Crippen molar-refractivity contribution in [1.29, 1.82) is 0 Å². The molecule has 0 unspecified atom stereocenters. The van der Waals surface area contributed by atoms with Crippen molar-refractivity contribution in [3.63, 3.8) is 0 Å². The number of nitrogens with zero attached hydrogens (tertiary/aromatic N) is 4. The van der Waals surface area contributed by atoms with Gasteiger partial charge in [-0.05, 0) is 35.5 Å². The lowest BCUT2D eigenvalue weighted by atomic mass is 10.2. The second kappa shape index (κ2) is 8.48. The molecule has 0 atom stereocenters. The van der Waals surface area contributed by atoms with Crippen molar-refractivity contribution in [2.75, 3.05) is 12.9 Å². The topological polar surface area (TPSA) is 81.9 Å². The molecule has 7 nitrogen and oxygen atoms in total. The molecule has 0 aliphatic heterocycles. The van der Waals surface area contributed by atoms with Crippen molar-refractivity contribution in [2.24, 2.45) is 0 Å². The highest BCUT2D eigenvalue weighted by atomic mass is 32.2. The molecule has 8 heteroatoms. The SMILES string of the molecule is COc1ccccc1CNC(=O)CSc1nnnn1-c1ccc(C)cc1. The monoisotopic (exact) mass is 369 g/mol. The molecule has 1 amide bonds. The van der Waals surface area contributed by atoms with E-state index in [0.29, 0.717) is 11.7 Å². The maximum atomic E-state index is 12.2. The van der Waals surface area contributed by atoms with Crippen LogP contribution in [0.1, 0.15) is 11.1 Å². The van der Waals surface area contributed by atoms with Gasteiger partial charge in [0.2, 0.25) is 11.1 Å². The quantitative estimate of drug-likeness (QED) is 0.644. The van der Waals surface area contributed by atoms with Crippen LogP contribution in [0.15, 0.2) is 53.7 Å². The first kappa shape index (κ1) is 17.9. The first-order valence-corrected chi connectivity index (χ1v) is 9.03. The highest BCUT2D eigenvalue weighted by molar-refractivity contribution is 7.99. The van der Waals surface area contributed by atoms with Crippen LogP contribution in [0.3, 0.4) is 0 Å². The van der Waals surface area contributed by atoms with E-state index in [2.05, 4.69) is 20.8 Å². The maximum Gasteiger partial charge on any atom is 0.230 e. The van der Waals surface area contributed by atoms with Crippen molar-refractivity contribution in [3.8, 4) is 11.4 Å². The molecule has 0 spiro atoms. The number of aromatic nitrogens is 4. The second-order valence-corrected chi connectivity index (χ2v) is 6.53. The molecule has 0 saturated heterocycles. The van der Waals surface area contributed by atoms with Gasteiger partial charge in [0, 0.05) is 12.1 Å². The summed E-state index contributed by atoms with van der Waals surface area (Å²) in [5.74, 6) is 0.879. The summed E-state index contributed by atoms with van der Waals surface area (Å²) in [6.45, 7) is 2.43. The molecule has 0 aliphatic carbocycles. The van der Waals surface area contributed by atoms with Crippen LogP contribution in [0.25, 0.3) is 5.69 Å². The van der Waals surface area contributed by atoms with Crippen molar-refractivity contribution in [3.05, 3.63) is 59.7 Å². The third-order valence-corrected chi connectivity index (χ3v) is 4.64. The lowest BCUT2D eigenvalue weighted by molar-refractivity contribution is -0.118. The summed E-state index contributed by atoms with van der Waals surface area (Å²) in [7, 11) is 1.61. The normalized spacial score (nSPS) is 10.5. The number of hydrogen-bond donors (Lipinski definition) is 1. The Kier molecular flexibility index (Phi) is 5.85. The second-order valence-electron chi connectivity index (χ2n) is 5.59. The summed E-state index contributed by atoms with van der Waals surface area (Å²) in [5, 5.41) is 15.2. The number of methoxy groups -OCH3 is 1. The maximum absolute atomic E-state index is 12.2. The number of amides is 1. The molecular weight excluding hydrogens is 350 g/mol. The Bertz CT molecular complexity index is 879. The van der Waals surface area contributed by atoms with Gasteiger partial charge in [-0.3, -0.25) is 4.79 Å². The van der Waals surface area contributed by atoms with Gasteiger partial charge in [0.1, 0.15) is 5.75 Å². The number of benzene rings is 2. The van der Waals surface area contributed by atoms with Crippen LogP contribution in [-0.4, -0.2) is 39.0 Å². The standard InChI is InChI=1S/C18H19N5O2S/c1-13-7-9-15(10-8-13)23-18(20-21-22-23)26-12-17(24)19-11-14-5-3-4-6-16(14)25-2/h3-10H,11-12H2,1-2H3,(H,19,24). The third kappa shape index (κ3) is 4.40. The Morgan fingerprint density at radius 3 is 2.73 bits per heavy atom. The van der Waals surface area contributed by atoms with E-state index < -0.39 is 0 Å². The Balaban J connectivity index is 1.57. The molecule has 0 radical (unpaired) electrons. The van der Waals surface area contributed by atoms with E-state index in [-0.39, 0.29) is 11.7 Å². The fourth-order valence-corrected chi connectivity index (χ4v) is 3.06. The number of ether oxygens (including phenoxy) is 1. The Morgan fingerprint density at radius 1 is 1.19 bits per heavy atom. The minimum atomic E-state index is -0.0978. The summed E-state index contributed by atoms with van der Waals surface area (Å²) in [6, 6.07) is 15.5. The van der Waals surface area contributed by atoms with Crippen LogP contribution in [0.4, 0.5) is 0 Å². The van der Waals surface area contributed by atoms with E-state index in [1.165, 1.54) is 11.8 Å². The van der Waals surface area contributed by atoms with Gasteiger partial charge in [0.05, 0.1) is 18.6 Å². The molecule has 1 heterocycles. The third-order valence-electron chi connectivity index (χ3n) is 3.72. The largest absolute Gasteiger partial charge is 0.496 e. The number of aryl methyl sites for hydroxylation is 1.